The smallest absolute Gasteiger partial charge is 0.194 e. The zero-order valence-corrected chi connectivity index (χ0v) is 12.0. The lowest BCUT2D eigenvalue weighted by Crippen LogP contribution is -2.56. The second kappa shape index (κ2) is 4.30. The summed E-state index contributed by atoms with van der Waals surface area (Å²) in [6.45, 7) is 4.47. The number of hydrogen-bond donors (Lipinski definition) is 2. The summed E-state index contributed by atoms with van der Waals surface area (Å²) >= 11 is 0. The fourth-order valence-corrected chi connectivity index (χ4v) is 3.97. The molecule has 6 nitrogen and oxygen atoms in total. The SMILES string of the molecule is CC1CN(C)CC2CC(C2)C12N=C(c1ncc[nH]1)NO2. The van der Waals surface area contributed by atoms with Crippen molar-refractivity contribution in [1.82, 2.24) is 20.3 Å². The zero-order chi connectivity index (χ0) is 13.7. The van der Waals surface area contributed by atoms with Crippen LogP contribution in [0.5, 0.6) is 0 Å². The highest BCUT2D eigenvalue weighted by Crippen LogP contribution is 2.50. The number of rotatable bonds is 1. The number of aromatic amines is 1. The van der Waals surface area contributed by atoms with Gasteiger partial charge < -0.3 is 9.88 Å². The number of aliphatic imine (C=N–C) groups is 1. The summed E-state index contributed by atoms with van der Waals surface area (Å²) in [5.41, 5.74) is 2.58. The molecule has 20 heavy (non-hydrogen) atoms. The van der Waals surface area contributed by atoms with Gasteiger partial charge in [0.2, 0.25) is 0 Å². The van der Waals surface area contributed by atoms with E-state index in [1.807, 2.05) is 0 Å². The first-order valence-corrected chi connectivity index (χ1v) is 7.39. The van der Waals surface area contributed by atoms with Gasteiger partial charge in [-0.2, -0.15) is 0 Å². The number of fused-ring (bicyclic) bond motifs is 3. The van der Waals surface area contributed by atoms with Crippen LogP contribution in [0, 0.1) is 17.8 Å². The summed E-state index contributed by atoms with van der Waals surface area (Å²) in [5, 5.41) is 0. The molecule has 108 valence electrons. The van der Waals surface area contributed by atoms with E-state index < -0.39 is 5.72 Å². The number of nitrogens with zero attached hydrogens (tertiary/aromatic N) is 3. The highest BCUT2D eigenvalue weighted by Gasteiger charge is 2.55. The first-order valence-electron chi connectivity index (χ1n) is 7.39. The minimum atomic E-state index is -0.423. The summed E-state index contributed by atoms with van der Waals surface area (Å²) in [7, 11) is 2.20. The van der Waals surface area contributed by atoms with Crippen LogP contribution in [0.25, 0.3) is 0 Å². The molecule has 1 aromatic rings. The van der Waals surface area contributed by atoms with Gasteiger partial charge in [-0.1, -0.05) is 6.92 Å². The third-order valence-electron chi connectivity index (χ3n) is 5.00. The highest BCUT2D eigenvalue weighted by atomic mass is 16.7. The molecule has 2 atom stereocenters. The molecule has 1 spiro atoms. The van der Waals surface area contributed by atoms with E-state index in [-0.39, 0.29) is 0 Å². The number of hydrogen-bond acceptors (Lipinski definition) is 5. The van der Waals surface area contributed by atoms with Gasteiger partial charge in [0.05, 0.1) is 0 Å². The van der Waals surface area contributed by atoms with Crippen molar-refractivity contribution in [3.8, 4) is 0 Å². The second-order valence-corrected chi connectivity index (χ2v) is 6.51. The summed E-state index contributed by atoms with van der Waals surface area (Å²) in [5.74, 6) is 3.17. The molecule has 0 aromatic carbocycles. The van der Waals surface area contributed by atoms with E-state index in [0.29, 0.717) is 11.8 Å². The third-order valence-corrected chi connectivity index (χ3v) is 5.00. The van der Waals surface area contributed by atoms with Crippen molar-refractivity contribution >= 4 is 5.84 Å². The Kier molecular flexibility index (Phi) is 2.65. The summed E-state index contributed by atoms with van der Waals surface area (Å²) in [4.78, 5) is 20.7. The average Bonchev–Trinajstić information content (AvgIpc) is 3.01. The van der Waals surface area contributed by atoms with Crippen molar-refractivity contribution in [1.29, 1.82) is 0 Å². The normalized spacial score (nSPS) is 40.7. The molecular weight excluding hydrogens is 254 g/mol. The zero-order valence-electron chi connectivity index (χ0n) is 12.0. The number of H-pyrrole nitrogens is 1. The fourth-order valence-electron chi connectivity index (χ4n) is 3.97. The van der Waals surface area contributed by atoms with Crippen LogP contribution in [0.2, 0.25) is 0 Å². The van der Waals surface area contributed by atoms with Gasteiger partial charge in [0.25, 0.3) is 0 Å². The molecule has 3 aliphatic heterocycles. The number of nitrogens with one attached hydrogen (secondary N) is 2. The third kappa shape index (κ3) is 1.71. The monoisotopic (exact) mass is 275 g/mol. The van der Waals surface area contributed by atoms with E-state index >= 15 is 0 Å². The Labute approximate surface area is 118 Å². The lowest BCUT2D eigenvalue weighted by Gasteiger charge is -2.50. The molecule has 6 heteroatoms. The van der Waals surface area contributed by atoms with Gasteiger partial charge in [-0.25, -0.2) is 20.3 Å². The van der Waals surface area contributed by atoms with Crippen molar-refractivity contribution in [3.63, 3.8) is 0 Å². The Morgan fingerprint density at radius 2 is 2.25 bits per heavy atom. The van der Waals surface area contributed by atoms with Crippen LogP contribution in [-0.4, -0.2) is 46.6 Å². The Bertz CT molecular complexity index is 522. The molecule has 5 rings (SSSR count). The lowest BCUT2D eigenvalue weighted by atomic mass is 9.65. The van der Waals surface area contributed by atoms with E-state index in [0.717, 1.165) is 24.1 Å². The topological polar surface area (TPSA) is 65.5 Å². The van der Waals surface area contributed by atoms with E-state index in [4.69, 9.17) is 9.83 Å². The van der Waals surface area contributed by atoms with Crippen LogP contribution in [0.1, 0.15) is 25.6 Å². The molecule has 4 aliphatic rings. The van der Waals surface area contributed by atoms with Crippen molar-refractivity contribution in [3.05, 3.63) is 18.2 Å². The van der Waals surface area contributed by atoms with Gasteiger partial charge in [-0.05, 0) is 25.8 Å². The Balaban J connectivity index is 1.68. The average molecular weight is 275 g/mol. The molecule has 0 amide bonds. The van der Waals surface area contributed by atoms with Crippen LogP contribution in [0.15, 0.2) is 17.4 Å². The maximum Gasteiger partial charge on any atom is 0.194 e. The number of imidazole rings is 1. The number of amidine groups is 1. The van der Waals surface area contributed by atoms with Crippen LogP contribution in [-0.2, 0) is 4.84 Å². The van der Waals surface area contributed by atoms with Gasteiger partial charge in [0.1, 0.15) is 0 Å². The van der Waals surface area contributed by atoms with E-state index in [2.05, 4.69) is 34.3 Å². The minimum Gasteiger partial charge on any atom is -0.342 e. The molecule has 2 N–H and O–H groups in total. The predicted octanol–water partition coefficient (Wildman–Crippen LogP) is 0.995. The molecule has 2 unspecified atom stereocenters. The standard InChI is InChI=1S/C14H21N5O/c1-9-7-19(2)8-10-5-11(6-10)14(9)17-13(18-20-14)12-15-3-4-16-12/h3-4,9-11H,5-8H2,1-2H3,(H,15,16)(H,17,18). The van der Waals surface area contributed by atoms with Crippen molar-refractivity contribution in [2.45, 2.75) is 25.5 Å². The Hall–Kier alpha value is -1.40. The van der Waals surface area contributed by atoms with Crippen LogP contribution in [0.4, 0.5) is 0 Å². The molecule has 4 heterocycles. The molecule has 1 aliphatic carbocycles. The summed E-state index contributed by atoms with van der Waals surface area (Å²) in [6, 6.07) is 0. The largest absolute Gasteiger partial charge is 0.342 e. The predicted molar refractivity (Wildman–Crippen MR) is 75.0 cm³/mol. The van der Waals surface area contributed by atoms with Crippen LogP contribution in [0.3, 0.4) is 0 Å². The molecule has 1 saturated carbocycles. The summed E-state index contributed by atoms with van der Waals surface area (Å²) < 4.78 is 0. The van der Waals surface area contributed by atoms with Crippen LogP contribution >= 0.6 is 0 Å². The molecule has 2 bridgehead atoms. The van der Waals surface area contributed by atoms with Crippen molar-refractivity contribution < 1.29 is 4.84 Å². The van der Waals surface area contributed by atoms with Crippen molar-refractivity contribution in [2.24, 2.45) is 22.7 Å². The van der Waals surface area contributed by atoms with E-state index in [1.54, 1.807) is 12.4 Å². The highest BCUT2D eigenvalue weighted by molar-refractivity contribution is 5.95. The quantitative estimate of drug-likeness (QED) is 0.802. The first kappa shape index (κ1) is 12.3. The number of hydroxylamine groups is 1. The second-order valence-electron chi connectivity index (χ2n) is 6.51. The minimum absolute atomic E-state index is 0.360. The molecule has 2 saturated heterocycles. The molecule has 3 fully saturated rings. The van der Waals surface area contributed by atoms with Gasteiger partial charge in [0.15, 0.2) is 17.4 Å². The summed E-state index contributed by atoms with van der Waals surface area (Å²) in [6.07, 6.45) is 5.97. The Morgan fingerprint density at radius 3 is 3.00 bits per heavy atom. The van der Waals surface area contributed by atoms with Gasteiger partial charge in [-0.3, -0.25) is 0 Å². The van der Waals surface area contributed by atoms with E-state index in [9.17, 15) is 0 Å². The van der Waals surface area contributed by atoms with Gasteiger partial charge in [0, 0.05) is 37.3 Å². The maximum atomic E-state index is 6.02. The first-order chi connectivity index (χ1) is 9.67. The lowest BCUT2D eigenvalue weighted by molar-refractivity contribution is -0.172. The molecule has 0 radical (unpaired) electrons. The van der Waals surface area contributed by atoms with Gasteiger partial charge in [-0.15, -0.1) is 0 Å². The molecular formula is C14H21N5O. The maximum absolute atomic E-state index is 6.02. The molecule has 1 aromatic heterocycles. The van der Waals surface area contributed by atoms with Gasteiger partial charge >= 0.3 is 0 Å². The Morgan fingerprint density at radius 1 is 1.40 bits per heavy atom. The van der Waals surface area contributed by atoms with Crippen molar-refractivity contribution in [2.75, 3.05) is 20.1 Å². The number of aromatic nitrogens is 2. The fraction of sp³-hybridized carbons (Fsp3) is 0.714. The van der Waals surface area contributed by atoms with Crippen LogP contribution < -0.4 is 5.48 Å². The van der Waals surface area contributed by atoms with E-state index in [1.165, 1.54) is 19.4 Å².